The first-order chi connectivity index (χ1) is 11.3. The summed E-state index contributed by atoms with van der Waals surface area (Å²) in [7, 11) is 0. The molecule has 0 radical (unpaired) electrons. The van der Waals surface area contributed by atoms with E-state index in [1.54, 1.807) is 0 Å². The number of nitriles is 2. The molecule has 0 saturated carbocycles. The Hall–Kier alpha value is -2.18. The molecule has 0 unspecified atom stereocenters. The smallest absolute Gasteiger partial charge is 0.121 e. The summed E-state index contributed by atoms with van der Waals surface area (Å²) in [5.74, 6) is 0. The lowest BCUT2D eigenvalue weighted by molar-refractivity contribution is 1.33. The first kappa shape index (κ1) is 15.7. The Labute approximate surface area is 147 Å². The number of nitrogens with zero attached hydrogens (tertiary/aromatic N) is 2. The zero-order valence-electron chi connectivity index (χ0n) is 11.9. The van der Waals surface area contributed by atoms with Crippen LogP contribution in [0.15, 0.2) is 79.6 Å². The molecule has 0 spiro atoms. The van der Waals surface area contributed by atoms with Gasteiger partial charge in [0.1, 0.15) is 17.0 Å². The maximum atomic E-state index is 9.58. The third kappa shape index (κ3) is 3.60. The largest absolute Gasteiger partial charge is 0.192 e. The van der Waals surface area contributed by atoms with Crippen LogP contribution in [0.25, 0.3) is 0 Å². The second kappa shape index (κ2) is 7.39. The second-order valence-corrected chi connectivity index (χ2v) is 7.92. The number of rotatable bonds is 4. The predicted octanol–water partition coefficient (Wildman–Crippen LogP) is 5.79. The zero-order chi connectivity index (χ0) is 16.1. The Balaban J connectivity index is 1.99. The molecule has 0 N–H and O–H groups in total. The summed E-state index contributed by atoms with van der Waals surface area (Å²) in [6.07, 6.45) is 0. The van der Waals surface area contributed by atoms with Gasteiger partial charge < -0.3 is 0 Å². The van der Waals surface area contributed by atoms with Crippen LogP contribution in [0.4, 0.5) is 0 Å². The van der Waals surface area contributed by atoms with Crippen molar-refractivity contribution in [1.29, 1.82) is 10.5 Å². The van der Waals surface area contributed by atoms with Crippen molar-refractivity contribution < 1.29 is 0 Å². The summed E-state index contributed by atoms with van der Waals surface area (Å²) in [6, 6.07) is 24.2. The normalized spacial score (nSPS) is 10.0. The molecule has 0 aliphatic carbocycles. The Morgan fingerprint density at radius 3 is 1.83 bits per heavy atom. The molecule has 0 aliphatic heterocycles. The number of hydrogen-bond donors (Lipinski definition) is 0. The van der Waals surface area contributed by atoms with Gasteiger partial charge in [0.05, 0.1) is 14.7 Å². The van der Waals surface area contributed by atoms with Gasteiger partial charge in [-0.1, -0.05) is 59.9 Å². The molecule has 3 rings (SSSR count). The van der Waals surface area contributed by atoms with Crippen LogP contribution in [0.2, 0.25) is 0 Å². The highest BCUT2D eigenvalue weighted by Gasteiger charge is 2.20. The molecule has 0 fully saturated rings. The van der Waals surface area contributed by atoms with E-state index in [0.29, 0.717) is 10.4 Å². The van der Waals surface area contributed by atoms with Crippen LogP contribution in [0, 0.1) is 22.7 Å². The minimum atomic E-state index is 0.592. The van der Waals surface area contributed by atoms with Gasteiger partial charge in [0.2, 0.25) is 0 Å². The van der Waals surface area contributed by atoms with E-state index in [9.17, 15) is 10.5 Å². The molecular formula is C18H10N2S3. The molecule has 0 saturated heterocycles. The summed E-state index contributed by atoms with van der Waals surface area (Å²) in [6.45, 7) is 0. The van der Waals surface area contributed by atoms with E-state index in [1.807, 2.05) is 60.7 Å². The van der Waals surface area contributed by atoms with Crippen molar-refractivity contribution in [3.63, 3.8) is 0 Å². The number of hydrogen-bond acceptors (Lipinski definition) is 5. The maximum Gasteiger partial charge on any atom is 0.121 e. The van der Waals surface area contributed by atoms with Gasteiger partial charge in [-0.15, -0.1) is 11.3 Å². The molecule has 1 aromatic heterocycles. The highest BCUT2D eigenvalue weighted by atomic mass is 32.2. The van der Waals surface area contributed by atoms with E-state index in [1.165, 1.54) is 34.9 Å². The molecule has 1 heterocycles. The molecule has 0 bridgehead atoms. The van der Waals surface area contributed by atoms with Gasteiger partial charge in [0.15, 0.2) is 0 Å². The average molecular weight is 350 g/mol. The summed E-state index contributed by atoms with van der Waals surface area (Å²) >= 11 is 4.39. The van der Waals surface area contributed by atoms with Crippen molar-refractivity contribution in [3.8, 4) is 12.1 Å². The Bertz CT molecular complexity index is 888. The van der Waals surface area contributed by atoms with E-state index in [0.717, 1.165) is 18.9 Å². The van der Waals surface area contributed by atoms with Crippen LogP contribution >= 0.6 is 34.9 Å². The molecule has 2 aromatic carbocycles. The fourth-order valence-corrected chi connectivity index (χ4v) is 5.37. The van der Waals surface area contributed by atoms with Gasteiger partial charge in [-0.05, 0) is 24.3 Å². The zero-order valence-corrected chi connectivity index (χ0v) is 14.3. The fourth-order valence-electron chi connectivity index (χ4n) is 1.94. The topological polar surface area (TPSA) is 47.6 Å². The third-order valence-corrected chi connectivity index (χ3v) is 6.50. The molecule has 23 heavy (non-hydrogen) atoms. The first-order valence-electron chi connectivity index (χ1n) is 6.74. The molecular weight excluding hydrogens is 340 g/mol. The molecule has 0 atom stereocenters. The van der Waals surface area contributed by atoms with Gasteiger partial charge in [0, 0.05) is 9.79 Å². The van der Waals surface area contributed by atoms with Crippen molar-refractivity contribution in [2.75, 3.05) is 0 Å². The molecule has 5 heteroatoms. The van der Waals surface area contributed by atoms with Crippen molar-refractivity contribution in [3.05, 3.63) is 71.1 Å². The van der Waals surface area contributed by atoms with Crippen LogP contribution in [-0.4, -0.2) is 0 Å². The number of benzene rings is 2. The Morgan fingerprint density at radius 2 is 1.30 bits per heavy atom. The van der Waals surface area contributed by atoms with Crippen molar-refractivity contribution in [1.82, 2.24) is 0 Å². The van der Waals surface area contributed by atoms with Gasteiger partial charge in [-0.2, -0.15) is 10.5 Å². The lowest BCUT2D eigenvalue weighted by Gasteiger charge is -2.01. The third-order valence-electron chi connectivity index (χ3n) is 2.96. The summed E-state index contributed by atoms with van der Waals surface area (Å²) in [4.78, 5) is 3.43. The summed E-state index contributed by atoms with van der Waals surface area (Å²) in [5.41, 5.74) is 0.592. The molecule has 2 nitrogen and oxygen atoms in total. The van der Waals surface area contributed by atoms with Gasteiger partial charge in [-0.25, -0.2) is 0 Å². The summed E-state index contributed by atoms with van der Waals surface area (Å²) < 4.78 is 0.869. The fraction of sp³-hybridized carbons (Fsp3) is 0. The maximum absolute atomic E-state index is 9.58. The standard InChI is InChI=1S/C18H10N2S3/c19-11-15-17(21-13-7-3-1-4-8-13)16(12-20)23-18(15)22-14-9-5-2-6-10-14/h1-10H. The average Bonchev–Trinajstić information content (AvgIpc) is 2.93. The van der Waals surface area contributed by atoms with Crippen LogP contribution in [0.3, 0.4) is 0 Å². The van der Waals surface area contributed by atoms with Crippen molar-refractivity contribution in [2.45, 2.75) is 18.9 Å². The minimum Gasteiger partial charge on any atom is -0.192 e. The van der Waals surface area contributed by atoms with E-state index in [2.05, 4.69) is 12.1 Å². The molecule has 0 amide bonds. The van der Waals surface area contributed by atoms with Crippen LogP contribution < -0.4 is 0 Å². The molecule has 0 aliphatic rings. The molecule has 110 valence electrons. The summed E-state index contributed by atoms with van der Waals surface area (Å²) in [5, 5.41) is 19.0. The van der Waals surface area contributed by atoms with Crippen LogP contribution in [0.1, 0.15) is 10.4 Å². The molecule has 3 aromatic rings. The van der Waals surface area contributed by atoms with Gasteiger partial charge in [0.25, 0.3) is 0 Å². The van der Waals surface area contributed by atoms with E-state index in [4.69, 9.17) is 0 Å². The minimum absolute atomic E-state index is 0.592. The van der Waals surface area contributed by atoms with Crippen LogP contribution in [0.5, 0.6) is 0 Å². The van der Waals surface area contributed by atoms with Gasteiger partial charge >= 0.3 is 0 Å². The Morgan fingerprint density at radius 1 is 0.739 bits per heavy atom. The SMILES string of the molecule is N#Cc1sc(Sc2ccccc2)c(C#N)c1Sc1ccccc1. The van der Waals surface area contributed by atoms with Crippen LogP contribution in [-0.2, 0) is 0 Å². The lowest BCUT2D eigenvalue weighted by atomic mass is 10.3. The second-order valence-electron chi connectivity index (χ2n) is 4.48. The highest BCUT2D eigenvalue weighted by Crippen LogP contribution is 2.45. The monoisotopic (exact) mass is 350 g/mol. The van der Waals surface area contributed by atoms with Gasteiger partial charge in [-0.3, -0.25) is 0 Å². The van der Waals surface area contributed by atoms with E-state index in [-0.39, 0.29) is 0 Å². The highest BCUT2D eigenvalue weighted by molar-refractivity contribution is 8.02. The Kier molecular flexibility index (Phi) is 5.05. The van der Waals surface area contributed by atoms with Crippen molar-refractivity contribution in [2.24, 2.45) is 0 Å². The number of thiophene rings is 1. The quantitative estimate of drug-likeness (QED) is 0.597. The van der Waals surface area contributed by atoms with Crippen molar-refractivity contribution >= 4 is 34.9 Å². The lowest BCUT2D eigenvalue weighted by Crippen LogP contribution is -1.80. The first-order valence-corrected chi connectivity index (χ1v) is 9.19. The van der Waals surface area contributed by atoms with E-state index < -0.39 is 0 Å². The predicted molar refractivity (Wildman–Crippen MR) is 94.9 cm³/mol. The van der Waals surface area contributed by atoms with E-state index >= 15 is 0 Å².